The molecule has 0 aliphatic carbocycles. The van der Waals surface area contributed by atoms with Gasteiger partial charge in [-0.3, -0.25) is 4.79 Å². The Morgan fingerprint density at radius 3 is 2.27 bits per heavy atom. The Labute approximate surface area is 184 Å². The summed E-state index contributed by atoms with van der Waals surface area (Å²) in [6, 6.07) is 5.36. The first-order valence-corrected chi connectivity index (χ1v) is 9.64. The van der Waals surface area contributed by atoms with E-state index in [1.54, 1.807) is 0 Å². The van der Waals surface area contributed by atoms with Crippen molar-refractivity contribution in [1.82, 2.24) is 0 Å². The summed E-state index contributed by atoms with van der Waals surface area (Å²) in [5.41, 5.74) is -1.19. The highest BCUT2D eigenvalue weighted by Gasteiger charge is 2.45. The predicted molar refractivity (Wildman–Crippen MR) is 109 cm³/mol. The van der Waals surface area contributed by atoms with Crippen LogP contribution >= 0.6 is 0 Å². The first-order chi connectivity index (χ1) is 15.6. The number of aliphatic hydroxyl groups excluding tert-OH is 4. The number of ether oxygens (including phenoxy) is 2. The molecule has 12 nitrogen and oxygen atoms in total. The highest BCUT2D eigenvalue weighted by molar-refractivity contribution is 5.88. The van der Waals surface area contributed by atoms with Crippen LogP contribution in [0.2, 0.25) is 0 Å². The van der Waals surface area contributed by atoms with Crippen molar-refractivity contribution in [3.63, 3.8) is 0 Å². The summed E-state index contributed by atoms with van der Waals surface area (Å²) in [4.78, 5) is 13.2. The molecule has 4 rings (SSSR count). The number of benzene rings is 2. The number of hydrogen-bond donors (Lipinski definition) is 8. The van der Waals surface area contributed by atoms with Crippen molar-refractivity contribution in [3.8, 4) is 40.1 Å². The van der Waals surface area contributed by atoms with Gasteiger partial charge in [-0.1, -0.05) is 0 Å². The molecule has 12 heteroatoms. The van der Waals surface area contributed by atoms with Crippen LogP contribution in [0.3, 0.4) is 0 Å². The van der Waals surface area contributed by atoms with Gasteiger partial charge >= 0.3 is 0 Å². The molecule has 1 fully saturated rings. The molecule has 1 aliphatic heterocycles. The van der Waals surface area contributed by atoms with Gasteiger partial charge in [-0.25, -0.2) is 0 Å². The average molecular weight is 464 g/mol. The van der Waals surface area contributed by atoms with Gasteiger partial charge in [-0.15, -0.1) is 0 Å². The van der Waals surface area contributed by atoms with Crippen LogP contribution in [0.25, 0.3) is 22.3 Å². The highest BCUT2D eigenvalue weighted by Crippen LogP contribution is 2.39. The summed E-state index contributed by atoms with van der Waals surface area (Å²) < 4.78 is 16.5. The number of phenolic OH excluding ortho intramolecular Hbond substituents is 4. The van der Waals surface area contributed by atoms with Crippen molar-refractivity contribution >= 4 is 11.0 Å². The van der Waals surface area contributed by atoms with Crippen molar-refractivity contribution in [2.45, 2.75) is 30.7 Å². The minimum Gasteiger partial charge on any atom is -0.508 e. The topological polar surface area (TPSA) is 211 Å². The normalized spacial score (nSPS) is 25.3. The summed E-state index contributed by atoms with van der Waals surface area (Å²) >= 11 is 0. The molecule has 1 saturated heterocycles. The van der Waals surface area contributed by atoms with Crippen LogP contribution in [-0.4, -0.2) is 78.2 Å². The molecule has 0 spiro atoms. The monoisotopic (exact) mass is 464 g/mol. The molecule has 0 saturated carbocycles. The molecule has 0 radical (unpaired) electrons. The van der Waals surface area contributed by atoms with Gasteiger partial charge in [0.25, 0.3) is 0 Å². The minimum absolute atomic E-state index is 0.0201. The van der Waals surface area contributed by atoms with Crippen molar-refractivity contribution in [2.24, 2.45) is 0 Å². The molecule has 2 aromatic carbocycles. The quantitative estimate of drug-likeness (QED) is 0.229. The molecular formula is C21H20O12. The second-order valence-electron chi connectivity index (χ2n) is 7.45. The number of aromatic hydroxyl groups is 4. The molecule has 5 atom stereocenters. The summed E-state index contributed by atoms with van der Waals surface area (Å²) in [6.07, 6.45) is -8.40. The lowest BCUT2D eigenvalue weighted by atomic mass is 9.99. The van der Waals surface area contributed by atoms with Crippen LogP contribution in [-0.2, 0) is 4.74 Å². The first-order valence-electron chi connectivity index (χ1n) is 9.64. The maximum absolute atomic E-state index is 13.2. The standard InChI is InChI=1S/C21H20O12/c22-6-13-15(27)17(29)18(30)21(32-13)33-20-16(28)14-11(26)4-8(23)5-12(14)31-19(20)7-1-2-9(24)10(25)3-7/h1-5,13,15,17-18,21-27,29-30H,6H2/t13?,15?,17?,18-,21?/m0/s1. The fraction of sp³-hybridized carbons (Fsp3) is 0.286. The lowest BCUT2D eigenvalue weighted by molar-refractivity contribution is -0.277. The van der Waals surface area contributed by atoms with Gasteiger partial charge in [0.1, 0.15) is 46.9 Å². The Hall–Kier alpha value is -3.55. The molecular weight excluding hydrogens is 444 g/mol. The third-order valence-corrected chi connectivity index (χ3v) is 5.24. The zero-order valence-corrected chi connectivity index (χ0v) is 16.7. The predicted octanol–water partition coefficient (Wildman–Crippen LogP) is -0.539. The second-order valence-corrected chi connectivity index (χ2v) is 7.45. The molecule has 4 unspecified atom stereocenters. The van der Waals surface area contributed by atoms with E-state index in [4.69, 9.17) is 13.9 Å². The van der Waals surface area contributed by atoms with Crippen LogP contribution in [0.4, 0.5) is 0 Å². The number of aliphatic hydroxyl groups is 4. The van der Waals surface area contributed by atoms with Gasteiger partial charge < -0.3 is 54.7 Å². The summed E-state index contributed by atoms with van der Waals surface area (Å²) in [5.74, 6) is -3.05. The molecule has 3 aromatic rings. The number of rotatable bonds is 4. The molecule has 8 N–H and O–H groups in total. The molecule has 1 aromatic heterocycles. The molecule has 176 valence electrons. The van der Waals surface area contributed by atoms with Crippen LogP contribution in [0.15, 0.2) is 39.5 Å². The van der Waals surface area contributed by atoms with Crippen molar-refractivity contribution in [2.75, 3.05) is 6.61 Å². The van der Waals surface area contributed by atoms with E-state index in [2.05, 4.69) is 0 Å². The van der Waals surface area contributed by atoms with Gasteiger partial charge in [0.2, 0.25) is 17.5 Å². The van der Waals surface area contributed by atoms with E-state index in [-0.39, 0.29) is 22.3 Å². The van der Waals surface area contributed by atoms with Gasteiger partial charge in [0.05, 0.1) is 6.61 Å². The minimum atomic E-state index is -1.85. The van der Waals surface area contributed by atoms with Gasteiger partial charge in [0.15, 0.2) is 17.3 Å². The molecule has 2 heterocycles. The van der Waals surface area contributed by atoms with E-state index in [1.165, 1.54) is 6.07 Å². The van der Waals surface area contributed by atoms with E-state index in [0.717, 1.165) is 24.3 Å². The maximum atomic E-state index is 13.2. The number of phenols is 4. The Balaban J connectivity index is 1.91. The zero-order chi connectivity index (χ0) is 24.0. The van der Waals surface area contributed by atoms with E-state index < -0.39 is 71.5 Å². The zero-order valence-electron chi connectivity index (χ0n) is 16.7. The van der Waals surface area contributed by atoms with Crippen LogP contribution in [0.1, 0.15) is 0 Å². The largest absolute Gasteiger partial charge is 0.508 e. The molecule has 0 amide bonds. The Bertz CT molecular complexity index is 1250. The lowest BCUT2D eigenvalue weighted by Gasteiger charge is -2.39. The second kappa shape index (κ2) is 8.42. The summed E-state index contributed by atoms with van der Waals surface area (Å²) in [5, 5.41) is 78.7. The lowest BCUT2D eigenvalue weighted by Crippen LogP contribution is -2.60. The molecule has 33 heavy (non-hydrogen) atoms. The Morgan fingerprint density at radius 2 is 1.61 bits per heavy atom. The highest BCUT2D eigenvalue weighted by atomic mass is 16.7. The molecule has 1 aliphatic rings. The van der Waals surface area contributed by atoms with E-state index in [9.17, 15) is 45.6 Å². The Morgan fingerprint density at radius 1 is 0.879 bits per heavy atom. The third-order valence-electron chi connectivity index (χ3n) is 5.24. The van der Waals surface area contributed by atoms with Crippen molar-refractivity contribution < 1.29 is 54.7 Å². The van der Waals surface area contributed by atoms with Crippen LogP contribution < -0.4 is 10.2 Å². The maximum Gasteiger partial charge on any atom is 0.239 e. The van der Waals surface area contributed by atoms with E-state index >= 15 is 0 Å². The fourth-order valence-electron chi connectivity index (χ4n) is 3.51. The SMILES string of the molecule is O=c1c(OC2OC(CO)C(O)C(O)[C@@H]2O)c(-c2ccc(O)c(O)c2)oc2cc(O)cc(O)c12. The Kier molecular flexibility index (Phi) is 5.78. The molecule has 0 bridgehead atoms. The van der Waals surface area contributed by atoms with Crippen molar-refractivity contribution in [3.05, 3.63) is 40.6 Å². The third kappa shape index (κ3) is 3.90. The fourth-order valence-corrected chi connectivity index (χ4v) is 3.51. The number of fused-ring (bicyclic) bond motifs is 1. The summed E-state index contributed by atoms with van der Waals surface area (Å²) in [6.45, 7) is -0.740. The van der Waals surface area contributed by atoms with Gasteiger partial charge in [-0.2, -0.15) is 0 Å². The van der Waals surface area contributed by atoms with E-state index in [1.807, 2.05) is 0 Å². The average Bonchev–Trinajstić information content (AvgIpc) is 2.76. The van der Waals surface area contributed by atoms with Gasteiger partial charge in [0, 0.05) is 17.7 Å². The van der Waals surface area contributed by atoms with Crippen LogP contribution in [0.5, 0.6) is 28.7 Å². The smallest absolute Gasteiger partial charge is 0.239 e. The van der Waals surface area contributed by atoms with Gasteiger partial charge in [-0.05, 0) is 18.2 Å². The number of hydrogen-bond acceptors (Lipinski definition) is 12. The van der Waals surface area contributed by atoms with Crippen LogP contribution in [0, 0.1) is 0 Å². The first kappa shape index (κ1) is 22.6. The summed E-state index contributed by atoms with van der Waals surface area (Å²) in [7, 11) is 0. The van der Waals surface area contributed by atoms with Crippen molar-refractivity contribution in [1.29, 1.82) is 0 Å². The van der Waals surface area contributed by atoms with E-state index in [0.29, 0.717) is 0 Å².